The van der Waals surface area contributed by atoms with Gasteiger partial charge in [0.05, 0.1) is 24.6 Å². The molecule has 23 heavy (non-hydrogen) atoms. The second-order valence-electron chi connectivity index (χ2n) is 5.54. The second kappa shape index (κ2) is 7.75. The van der Waals surface area contributed by atoms with Gasteiger partial charge in [0.25, 0.3) is 0 Å². The van der Waals surface area contributed by atoms with Gasteiger partial charge in [-0.25, -0.2) is 4.79 Å². The average Bonchev–Trinajstić information content (AvgIpc) is 3.07. The number of urea groups is 1. The van der Waals surface area contributed by atoms with E-state index in [0.29, 0.717) is 18.8 Å². The summed E-state index contributed by atoms with van der Waals surface area (Å²) in [7, 11) is 0. The maximum atomic E-state index is 11.8. The van der Waals surface area contributed by atoms with Crippen molar-refractivity contribution in [2.24, 2.45) is 0 Å². The molecule has 0 saturated carbocycles. The lowest BCUT2D eigenvalue weighted by molar-refractivity contribution is -0.0285. The maximum absolute atomic E-state index is 11.8. The monoisotopic (exact) mass is 315 g/mol. The van der Waals surface area contributed by atoms with Crippen LogP contribution in [0.25, 0.3) is 0 Å². The Kier molecular flexibility index (Phi) is 5.23. The van der Waals surface area contributed by atoms with Gasteiger partial charge in [-0.1, -0.05) is 30.3 Å². The standard InChI is InChI=1S/C16H21N5O2/c22-16(20-14-8-18-19-9-14)17-10-15-12-21(6-7-23-15)11-13-4-2-1-3-5-13/h1-5,8-9,15H,6-7,10-12H2,(H,18,19)(H2,17,20,22)/t15-/m0/s1. The Bertz CT molecular complexity index is 602. The van der Waals surface area contributed by atoms with Gasteiger partial charge in [0, 0.05) is 32.4 Å². The van der Waals surface area contributed by atoms with E-state index in [0.717, 1.165) is 19.6 Å². The van der Waals surface area contributed by atoms with Crippen LogP contribution in [-0.4, -0.2) is 53.5 Å². The molecule has 1 aliphatic heterocycles. The quantitative estimate of drug-likeness (QED) is 0.779. The molecule has 0 bridgehead atoms. The van der Waals surface area contributed by atoms with Crippen molar-refractivity contribution >= 4 is 11.7 Å². The van der Waals surface area contributed by atoms with Crippen molar-refractivity contribution in [3.63, 3.8) is 0 Å². The van der Waals surface area contributed by atoms with Gasteiger partial charge in [0.1, 0.15) is 0 Å². The maximum Gasteiger partial charge on any atom is 0.319 e. The summed E-state index contributed by atoms with van der Waals surface area (Å²) in [5.74, 6) is 0. The Morgan fingerprint density at radius 3 is 3.04 bits per heavy atom. The molecule has 7 heteroatoms. The zero-order valence-corrected chi connectivity index (χ0v) is 12.9. The molecule has 1 fully saturated rings. The Morgan fingerprint density at radius 1 is 1.39 bits per heavy atom. The molecular weight excluding hydrogens is 294 g/mol. The first kappa shape index (κ1) is 15.5. The topological polar surface area (TPSA) is 82.3 Å². The van der Waals surface area contributed by atoms with E-state index >= 15 is 0 Å². The van der Waals surface area contributed by atoms with Crippen molar-refractivity contribution < 1.29 is 9.53 Å². The summed E-state index contributed by atoms with van der Waals surface area (Å²) in [6.07, 6.45) is 3.18. The third kappa shape index (κ3) is 4.80. The van der Waals surface area contributed by atoms with E-state index in [4.69, 9.17) is 4.74 Å². The van der Waals surface area contributed by atoms with Gasteiger partial charge in [0.2, 0.25) is 0 Å². The van der Waals surface area contributed by atoms with Crippen LogP contribution in [0.5, 0.6) is 0 Å². The number of hydrogen-bond donors (Lipinski definition) is 3. The fourth-order valence-corrected chi connectivity index (χ4v) is 2.59. The molecule has 0 aliphatic carbocycles. The lowest BCUT2D eigenvalue weighted by atomic mass is 10.2. The lowest BCUT2D eigenvalue weighted by Crippen LogP contribution is -2.47. The van der Waals surface area contributed by atoms with Gasteiger partial charge in [-0.05, 0) is 5.56 Å². The number of amides is 2. The number of anilines is 1. The number of hydrogen-bond acceptors (Lipinski definition) is 4. The highest BCUT2D eigenvalue weighted by molar-refractivity contribution is 5.88. The third-order valence-electron chi connectivity index (χ3n) is 3.72. The van der Waals surface area contributed by atoms with Crippen LogP contribution in [0.3, 0.4) is 0 Å². The van der Waals surface area contributed by atoms with Crippen LogP contribution in [0.4, 0.5) is 10.5 Å². The van der Waals surface area contributed by atoms with Gasteiger partial charge >= 0.3 is 6.03 Å². The highest BCUT2D eigenvalue weighted by Crippen LogP contribution is 2.10. The highest BCUT2D eigenvalue weighted by Gasteiger charge is 2.21. The smallest absolute Gasteiger partial charge is 0.319 e. The van der Waals surface area contributed by atoms with Crippen LogP contribution in [0.15, 0.2) is 42.7 Å². The Hall–Kier alpha value is -2.38. The zero-order valence-electron chi connectivity index (χ0n) is 12.9. The summed E-state index contributed by atoms with van der Waals surface area (Å²) in [5.41, 5.74) is 1.93. The predicted molar refractivity (Wildman–Crippen MR) is 87.1 cm³/mol. The first-order chi connectivity index (χ1) is 11.3. The number of carbonyl (C=O) groups excluding carboxylic acids is 1. The number of H-pyrrole nitrogens is 1. The summed E-state index contributed by atoms with van der Waals surface area (Å²) >= 11 is 0. The fraction of sp³-hybridized carbons (Fsp3) is 0.375. The van der Waals surface area contributed by atoms with Crippen LogP contribution in [0, 0.1) is 0 Å². The normalized spacial score (nSPS) is 18.5. The van der Waals surface area contributed by atoms with Gasteiger partial charge in [-0.3, -0.25) is 10.00 Å². The van der Waals surface area contributed by atoms with E-state index in [2.05, 4.69) is 50.0 Å². The Balaban J connectivity index is 1.42. The molecule has 3 rings (SSSR count). The van der Waals surface area contributed by atoms with Crippen LogP contribution in [0.1, 0.15) is 5.56 Å². The lowest BCUT2D eigenvalue weighted by Gasteiger charge is -2.33. The van der Waals surface area contributed by atoms with E-state index < -0.39 is 0 Å². The molecule has 7 nitrogen and oxygen atoms in total. The average molecular weight is 315 g/mol. The van der Waals surface area contributed by atoms with Crippen molar-refractivity contribution in [1.82, 2.24) is 20.4 Å². The van der Waals surface area contributed by atoms with E-state index in [1.807, 2.05) is 6.07 Å². The number of carbonyl (C=O) groups is 1. The number of aromatic amines is 1. The summed E-state index contributed by atoms with van der Waals surface area (Å²) in [6, 6.07) is 10.1. The van der Waals surface area contributed by atoms with Crippen molar-refractivity contribution in [3.8, 4) is 0 Å². The Labute approximate surface area is 135 Å². The molecule has 122 valence electrons. The minimum absolute atomic E-state index is 0.00237. The van der Waals surface area contributed by atoms with Crippen molar-refractivity contribution in [3.05, 3.63) is 48.3 Å². The van der Waals surface area contributed by atoms with Crippen molar-refractivity contribution in [2.45, 2.75) is 12.6 Å². The molecule has 2 heterocycles. The number of aromatic nitrogens is 2. The number of nitrogens with zero attached hydrogens (tertiary/aromatic N) is 2. The van der Waals surface area contributed by atoms with E-state index in [-0.39, 0.29) is 12.1 Å². The van der Waals surface area contributed by atoms with E-state index in [1.165, 1.54) is 5.56 Å². The third-order valence-corrected chi connectivity index (χ3v) is 3.72. The summed E-state index contributed by atoms with van der Waals surface area (Å²) in [6.45, 7) is 3.78. The second-order valence-corrected chi connectivity index (χ2v) is 5.54. The summed E-state index contributed by atoms with van der Waals surface area (Å²) in [4.78, 5) is 14.1. The van der Waals surface area contributed by atoms with E-state index in [1.54, 1.807) is 12.4 Å². The molecule has 0 radical (unpaired) electrons. The first-order valence-electron chi connectivity index (χ1n) is 7.71. The van der Waals surface area contributed by atoms with E-state index in [9.17, 15) is 4.79 Å². The van der Waals surface area contributed by atoms with Crippen LogP contribution >= 0.6 is 0 Å². The largest absolute Gasteiger partial charge is 0.374 e. The minimum atomic E-state index is -0.254. The predicted octanol–water partition coefficient (Wildman–Crippen LogP) is 1.43. The number of rotatable bonds is 5. The highest BCUT2D eigenvalue weighted by atomic mass is 16.5. The minimum Gasteiger partial charge on any atom is -0.374 e. The number of morpholine rings is 1. The van der Waals surface area contributed by atoms with Gasteiger partial charge < -0.3 is 15.4 Å². The molecule has 0 unspecified atom stereocenters. The Morgan fingerprint density at radius 2 is 2.26 bits per heavy atom. The van der Waals surface area contributed by atoms with Crippen molar-refractivity contribution in [2.75, 3.05) is 31.6 Å². The fourth-order valence-electron chi connectivity index (χ4n) is 2.59. The van der Waals surface area contributed by atoms with Gasteiger partial charge in [-0.15, -0.1) is 0 Å². The molecule has 2 amide bonds. The van der Waals surface area contributed by atoms with Gasteiger partial charge in [0.15, 0.2) is 0 Å². The van der Waals surface area contributed by atoms with Crippen LogP contribution < -0.4 is 10.6 Å². The molecular formula is C16H21N5O2. The molecule has 3 N–H and O–H groups in total. The molecule has 1 aromatic heterocycles. The molecule has 2 aromatic rings. The molecule has 1 saturated heterocycles. The zero-order chi connectivity index (χ0) is 15.9. The first-order valence-corrected chi connectivity index (χ1v) is 7.71. The number of benzene rings is 1. The van der Waals surface area contributed by atoms with Crippen LogP contribution in [0.2, 0.25) is 0 Å². The number of nitrogens with one attached hydrogen (secondary N) is 3. The molecule has 1 atom stereocenters. The van der Waals surface area contributed by atoms with Crippen molar-refractivity contribution in [1.29, 1.82) is 0 Å². The van der Waals surface area contributed by atoms with Gasteiger partial charge in [-0.2, -0.15) is 5.10 Å². The van der Waals surface area contributed by atoms with Crippen LogP contribution in [-0.2, 0) is 11.3 Å². The molecule has 1 aromatic carbocycles. The summed E-state index contributed by atoms with van der Waals surface area (Å²) in [5, 5.41) is 12.0. The SMILES string of the molecule is O=C(NC[C@H]1CN(Cc2ccccc2)CCO1)Nc1cn[nH]c1. The molecule has 0 spiro atoms. The molecule has 1 aliphatic rings. The number of ether oxygens (including phenoxy) is 1. The summed E-state index contributed by atoms with van der Waals surface area (Å²) < 4.78 is 5.73.